The van der Waals surface area contributed by atoms with E-state index in [0.29, 0.717) is 11.8 Å². The van der Waals surface area contributed by atoms with E-state index in [4.69, 9.17) is 0 Å². The van der Waals surface area contributed by atoms with Gasteiger partial charge in [0, 0.05) is 17.4 Å². The van der Waals surface area contributed by atoms with Crippen molar-refractivity contribution in [1.29, 1.82) is 0 Å². The van der Waals surface area contributed by atoms with Crippen LogP contribution in [0.4, 0.5) is 0 Å². The van der Waals surface area contributed by atoms with Gasteiger partial charge in [0.2, 0.25) is 0 Å². The first kappa shape index (κ1) is 20.5. The van der Waals surface area contributed by atoms with Crippen molar-refractivity contribution in [2.75, 3.05) is 0 Å². The number of hydrogen-bond acceptors (Lipinski definition) is 0. The zero-order valence-corrected chi connectivity index (χ0v) is 16.8. The largest absolute Gasteiger partial charge is 0.0632 e. The fourth-order valence-corrected chi connectivity index (χ4v) is 3.13. The van der Waals surface area contributed by atoms with Crippen LogP contribution < -0.4 is 0 Å². The Kier molecular flexibility index (Phi) is 7.48. The molecule has 0 atom stereocenters. The van der Waals surface area contributed by atoms with Gasteiger partial charge >= 0.3 is 0 Å². The van der Waals surface area contributed by atoms with Crippen molar-refractivity contribution < 1.29 is 17.4 Å². The number of hydrogen-bond donors (Lipinski definition) is 0. The van der Waals surface area contributed by atoms with Crippen molar-refractivity contribution in [3.63, 3.8) is 0 Å². The summed E-state index contributed by atoms with van der Waals surface area (Å²) in [5, 5.41) is 0. The van der Waals surface area contributed by atoms with E-state index in [1.807, 2.05) is 0 Å². The molecule has 0 heterocycles. The Balaban J connectivity index is 0.000000364. The van der Waals surface area contributed by atoms with E-state index in [1.54, 1.807) is 22.3 Å². The summed E-state index contributed by atoms with van der Waals surface area (Å²) in [4.78, 5) is 0. The third-order valence-corrected chi connectivity index (χ3v) is 6.09. The summed E-state index contributed by atoms with van der Waals surface area (Å²) in [6.45, 7) is 22.4. The molecular formula is C20H32Cr. The van der Waals surface area contributed by atoms with Gasteiger partial charge in [0.05, 0.1) is 0 Å². The molecule has 2 rings (SSSR count). The minimum absolute atomic E-state index is 0. The maximum Gasteiger partial charge on any atom is 0 e. The molecule has 0 aromatic heterocycles. The van der Waals surface area contributed by atoms with Gasteiger partial charge in [-0.3, -0.25) is 0 Å². The van der Waals surface area contributed by atoms with E-state index in [0.717, 1.165) is 0 Å². The second kappa shape index (κ2) is 7.66. The Hall–Kier alpha value is -0.508. The summed E-state index contributed by atoms with van der Waals surface area (Å²) in [6.07, 6.45) is 0. The summed E-state index contributed by atoms with van der Waals surface area (Å²) in [6, 6.07) is 0. The van der Waals surface area contributed by atoms with Gasteiger partial charge in [-0.05, 0) is 89.5 Å². The van der Waals surface area contributed by atoms with E-state index < -0.39 is 0 Å². The predicted molar refractivity (Wildman–Crippen MR) is 91.8 cm³/mol. The second-order valence-electron chi connectivity index (χ2n) is 6.68. The SMILES string of the molecule is CC1=C(C)C(C)C(C)=C1C.CC1=C(C)C(C)C(C)=C1C.[Cr]. The molecule has 2 aliphatic rings. The molecule has 0 aromatic rings. The molecule has 0 aromatic carbocycles. The van der Waals surface area contributed by atoms with Gasteiger partial charge in [-0.1, -0.05) is 36.1 Å². The predicted octanol–water partition coefficient (Wildman–Crippen LogP) is 6.62. The summed E-state index contributed by atoms with van der Waals surface area (Å²) in [5.74, 6) is 1.39. The molecule has 0 fully saturated rings. The first-order valence-electron chi connectivity index (χ1n) is 7.81. The third kappa shape index (κ3) is 3.82. The van der Waals surface area contributed by atoms with E-state index >= 15 is 0 Å². The van der Waals surface area contributed by atoms with Crippen LogP contribution in [0.1, 0.15) is 69.2 Å². The van der Waals surface area contributed by atoms with Crippen molar-refractivity contribution in [2.45, 2.75) is 69.2 Å². The van der Waals surface area contributed by atoms with Crippen LogP contribution in [0.5, 0.6) is 0 Å². The van der Waals surface area contributed by atoms with Crippen LogP contribution in [0.3, 0.4) is 0 Å². The Morgan fingerprint density at radius 2 is 0.571 bits per heavy atom. The van der Waals surface area contributed by atoms with Crippen molar-refractivity contribution in [3.05, 3.63) is 44.6 Å². The van der Waals surface area contributed by atoms with Gasteiger partial charge in [0.15, 0.2) is 0 Å². The molecule has 0 amide bonds. The topological polar surface area (TPSA) is 0 Å². The number of rotatable bonds is 0. The molecule has 0 unspecified atom stereocenters. The standard InChI is InChI=1S/2C10H16.Cr/c2*1-6-7(2)9(4)10(5)8(6)3;/h2*6H,1-5H3;. The molecule has 0 nitrogen and oxygen atoms in total. The average molecular weight is 324 g/mol. The van der Waals surface area contributed by atoms with Crippen LogP contribution in [0.15, 0.2) is 44.6 Å². The summed E-state index contributed by atoms with van der Waals surface area (Å²) >= 11 is 0. The van der Waals surface area contributed by atoms with Gasteiger partial charge in [0.1, 0.15) is 0 Å². The van der Waals surface area contributed by atoms with Gasteiger partial charge in [-0.2, -0.15) is 0 Å². The zero-order chi connectivity index (χ0) is 15.8. The molecule has 1 heteroatoms. The van der Waals surface area contributed by atoms with E-state index in [-0.39, 0.29) is 17.4 Å². The van der Waals surface area contributed by atoms with E-state index in [2.05, 4.69) is 69.2 Å². The molecule has 0 spiro atoms. The average Bonchev–Trinajstić information content (AvgIpc) is 2.71. The zero-order valence-electron chi connectivity index (χ0n) is 15.6. The molecule has 0 saturated carbocycles. The van der Waals surface area contributed by atoms with Crippen molar-refractivity contribution in [2.24, 2.45) is 11.8 Å². The molecular weight excluding hydrogens is 292 g/mol. The molecule has 0 radical (unpaired) electrons. The fourth-order valence-electron chi connectivity index (χ4n) is 3.13. The Bertz CT molecular complexity index is 440. The van der Waals surface area contributed by atoms with Crippen LogP contribution in [0.25, 0.3) is 0 Å². The van der Waals surface area contributed by atoms with Gasteiger partial charge in [-0.15, -0.1) is 0 Å². The molecule has 0 N–H and O–H groups in total. The fraction of sp³-hybridized carbons (Fsp3) is 0.600. The van der Waals surface area contributed by atoms with Crippen LogP contribution in [-0.4, -0.2) is 0 Å². The van der Waals surface area contributed by atoms with Crippen LogP contribution in [0.2, 0.25) is 0 Å². The van der Waals surface area contributed by atoms with Crippen LogP contribution >= 0.6 is 0 Å². The van der Waals surface area contributed by atoms with Crippen molar-refractivity contribution in [3.8, 4) is 0 Å². The van der Waals surface area contributed by atoms with Crippen LogP contribution in [-0.2, 0) is 17.4 Å². The second-order valence-corrected chi connectivity index (χ2v) is 6.68. The van der Waals surface area contributed by atoms with Gasteiger partial charge in [0.25, 0.3) is 0 Å². The van der Waals surface area contributed by atoms with Gasteiger partial charge < -0.3 is 0 Å². The molecule has 0 saturated heterocycles. The summed E-state index contributed by atoms with van der Waals surface area (Å²) < 4.78 is 0. The quantitative estimate of drug-likeness (QED) is 0.470. The van der Waals surface area contributed by atoms with Gasteiger partial charge in [-0.25, -0.2) is 0 Å². The molecule has 0 bridgehead atoms. The Labute approximate surface area is 143 Å². The van der Waals surface area contributed by atoms with Crippen molar-refractivity contribution in [1.82, 2.24) is 0 Å². The van der Waals surface area contributed by atoms with Crippen LogP contribution in [0, 0.1) is 11.8 Å². The Morgan fingerprint density at radius 3 is 0.619 bits per heavy atom. The molecule has 2 aliphatic carbocycles. The maximum atomic E-state index is 2.28. The molecule has 0 aliphatic heterocycles. The minimum Gasteiger partial charge on any atom is -0.0632 e. The monoisotopic (exact) mass is 324 g/mol. The maximum absolute atomic E-state index is 2.28. The number of allylic oxidation sites excluding steroid dienone is 8. The smallest absolute Gasteiger partial charge is 0 e. The first-order valence-corrected chi connectivity index (χ1v) is 7.81. The molecule has 118 valence electrons. The van der Waals surface area contributed by atoms with E-state index in [1.165, 1.54) is 22.3 Å². The molecule has 21 heavy (non-hydrogen) atoms. The van der Waals surface area contributed by atoms with Crippen molar-refractivity contribution >= 4 is 0 Å². The minimum atomic E-state index is 0. The summed E-state index contributed by atoms with van der Waals surface area (Å²) in [7, 11) is 0. The third-order valence-electron chi connectivity index (χ3n) is 6.09. The normalized spacial score (nSPS) is 20.3. The summed E-state index contributed by atoms with van der Waals surface area (Å²) in [5.41, 5.74) is 12.2. The Morgan fingerprint density at radius 1 is 0.429 bits per heavy atom. The first-order chi connectivity index (χ1) is 9.11. The van der Waals surface area contributed by atoms with E-state index in [9.17, 15) is 0 Å².